The lowest BCUT2D eigenvalue weighted by atomic mass is 10.3. The van der Waals surface area contributed by atoms with E-state index < -0.39 is 4.92 Å². The number of nitro benzene ring substituents is 1. The van der Waals surface area contributed by atoms with E-state index >= 15 is 0 Å². The van der Waals surface area contributed by atoms with Crippen LogP contribution in [0.3, 0.4) is 0 Å². The molecular weight excluding hydrogens is 295 g/mol. The molecule has 5 heteroatoms. The highest BCUT2D eigenvalue weighted by Gasteiger charge is 2.10. The lowest BCUT2D eigenvalue weighted by Gasteiger charge is -2.02. The van der Waals surface area contributed by atoms with Gasteiger partial charge in [-0.3, -0.25) is 10.1 Å². The molecule has 0 saturated carbocycles. The van der Waals surface area contributed by atoms with E-state index in [4.69, 9.17) is 6.42 Å². The first-order valence-electron chi connectivity index (χ1n) is 3.76. The zero-order valence-corrected chi connectivity index (χ0v) is 9.32. The fraction of sp³-hybridized carbons (Fsp3) is 0.111. The maximum atomic E-state index is 10.5. The largest absolute Gasteiger partial charge is 0.374 e. The van der Waals surface area contributed by atoms with Crippen LogP contribution in [0, 0.1) is 26.0 Å². The van der Waals surface area contributed by atoms with E-state index in [1.165, 1.54) is 6.07 Å². The van der Waals surface area contributed by atoms with E-state index in [-0.39, 0.29) is 5.69 Å². The average molecular weight is 302 g/mol. The van der Waals surface area contributed by atoms with Gasteiger partial charge in [-0.25, -0.2) is 0 Å². The van der Waals surface area contributed by atoms with E-state index in [1.807, 2.05) is 22.6 Å². The number of nitro groups is 1. The third-order valence-electron chi connectivity index (χ3n) is 1.54. The number of hydrogen-bond donors (Lipinski definition) is 1. The van der Waals surface area contributed by atoms with Crippen LogP contribution in [0.25, 0.3) is 0 Å². The van der Waals surface area contributed by atoms with Gasteiger partial charge < -0.3 is 5.32 Å². The summed E-state index contributed by atoms with van der Waals surface area (Å²) >= 11 is 1.92. The van der Waals surface area contributed by atoms with Crippen LogP contribution in [-0.4, -0.2) is 11.5 Å². The summed E-state index contributed by atoms with van der Waals surface area (Å²) < 4.78 is 0.592. The third kappa shape index (κ3) is 2.60. The van der Waals surface area contributed by atoms with Gasteiger partial charge in [0.2, 0.25) is 0 Å². The maximum absolute atomic E-state index is 10.5. The Morgan fingerprint density at radius 3 is 2.86 bits per heavy atom. The number of halogens is 1. The van der Waals surface area contributed by atoms with Crippen molar-refractivity contribution in [1.82, 2.24) is 0 Å². The number of anilines is 1. The minimum absolute atomic E-state index is 0.108. The maximum Gasteiger partial charge on any atom is 0.282 e. The number of benzene rings is 1. The van der Waals surface area contributed by atoms with Crippen molar-refractivity contribution in [3.63, 3.8) is 0 Å². The molecule has 0 atom stereocenters. The van der Waals surface area contributed by atoms with Crippen molar-refractivity contribution in [2.75, 3.05) is 11.9 Å². The molecule has 0 heterocycles. The predicted molar refractivity (Wildman–Crippen MR) is 63.1 cm³/mol. The topological polar surface area (TPSA) is 55.2 Å². The predicted octanol–water partition coefficient (Wildman–Crippen LogP) is 2.24. The van der Waals surface area contributed by atoms with Crippen molar-refractivity contribution in [3.05, 3.63) is 31.9 Å². The monoisotopic (exact) mass is 302 g/mol. The van der Waals surface area contributed by atoms with Gasteiger partial charge in [-0.15, -0.1) is 6.42 Å². The van der Waals surface area contributed by atoms with E-state index in [2.05, 4.69) is 11.2 Å². The van der Waals surface area contributed by atoms with E-state index in [0.29, 0.717) is 10.1 Å². The zero-order valence-electron chi connectivity index (χ0n) is 7.16. The van der Waals surface area contributed by atoms with Crippen molar-refractivity contribution < 1.29 is 4.92 Å². The lowest BCUT2D eigenvalue weighted by Crippen LogP contribution is -1.99. The molecule has 4 nitrogen and oxygen atoms in total. The number of terminal acetylenes is 1. The van der Waals surface area contributed by atoms with Crippen molar-refractivity contribution in [2.45, 2.75) is 0 Å². The van der Waals surface area contributed by atoms with Crippen LogP contribution < -0.4 is 5.32 Å². The van der Waals surface area contributed by atoms with Gasteiger partial charge in [0, 0.05) is 11.8 Å². The molecule has 0 radical (unpaired) electrons. The number of nitrogens with zero attached hydrogens (tertiary/aromatic N) is 1. The van der Waals surface area contributed by atoms with Crippen LogP contribution in [0.5, 0.6) is 0 Å². The fourth-order valence-corrected chi connectivity index (χ4v) is 1.63. The second-order valence-corrected chi connectivity index (χ2v) is 3.64. The fourth-order valence-electron chi connectivity index (χ4n) is 0.918. The summed E-state index contributed by atoms with van der Waals surface area (Å²) in [6.07, 6.45) is 5.07. The summed E-state index contributed by atoms with van der Waals surface area (Å²) in [7, 11) is 0. The normalized spacial score (nSPS) is 9.14. The van der Waals surface area contributed by atoms with Gasteiger partial charge in [-0.2, -0.15) is 0 Å². The van der Waals surface area contributed by atoms with Crippen LogP contribution in [0.15, 0.2) is 18.2 Å². The van der Waals surface area contributed by atoms with Gasteiger partial charge in [-0.1, -0.05) is 5.92 Å². The summed E-state index contributed by atoms with van der Waals surface area (Å²) in [5, 5.41) is 13.4. The van der Waals surface area contributed by atoms with Gasteiger partial charge in [0.15, 0.2) is 0 Å². The molecule has 14 heavy (non-hydrogen) atoms. The van der Waals surface area contributed by atoms with Gasteiger partial charge in [-0.05, 0) is 34.7 Å². The molecule has 0 aliphatic rings. The number of nitrogens with one attached hydrogen (secondary N) is 1. The molecule has 0 aliphatic carbocycles. The van der Waals surface area contributed by atoms with E-state index in [1.54, 1.807) is 12.1 Å². The van der Waals surface area contributed by atoms with Gasteiger partial charge in [0.1, 0.15) is 0 Å². The summed E-state index contributed by atoms with van der Waals surface area (Å²) in [5.41, 5.74) is 0.898. The van der Waals surface area contributed by atoms with Gasteiger partial charge in [0.25, 0.3) is 5.69 Å². The van der Waals surface area contributed by atoms with Crippen LogP contribution in [-0.2, 0) is 0 Å². The van der Waals surface area contributed by atoms with Crippen LogP contribution in [0.4, 0.5) is 11.4 Å². The van der Waals surface area contributed by atoms with Crippen molar-refractivity contribution in [3.8, 4) is 12.3 Å². The Kier molecular flexibility index (Phi) is 3.71. The first kappa shape index (κ1) is 10.8. The molecule has 0 amide bonds. The molecule has 1 aromatic carbocycles. The molecule has 0 fully saturated rings. The van der Waals surface area contributed by atoms with Crippen LogP contribution in [0.1, 0.15) is 0 Å². The minimum atomic E-state index is -0.410. The first-order chi connectivity index (χ1) is 6.65. The Balaban J connectivity index is 2.90. The molecule has 1 aromatic rings. The highest BCUT2D eigenvalue weighted by Crippen LogP contribution is 2.23. The van der Waals surface area contributed by atoms with Crippen LogP contribution >= 0.6 is 22.6 Å². The summed E-state index contributed by atoms with van der Waals surface area (Å²) in [6.45, 7) is 0.411. The number of rotatable bonds is 3. The van der Waals surface area contributed by atoms with Gasteiger partial charge in [0.05, 0.1) is 15.0 Å². The zero-order chi connectivity index (χ0) is 10.6. The quantitative estimate of drug-likeness (QED) is 0.403. The second kappa shape index (κ2) is 4.81. The van der Waals surface area contributed by atoms with Crippen molar-refractivity contribution in [1.29, 1.82) is 0 Å². The molecule has 0 aromatic heterocycles. The van der Waals surface area contributed by atoms with E-state index in [9.17, 15) is 10.1 Å². The highest BCUT2D eigenvalue weighted by atomic mass is 127. The van der Waals surface area contributed by atoms with Crippen molar-refractivity contribution in [2.24, 2.45) is 0 Å². The SMILES string of the molecule is C#CCNc1ccc([N+](=O)[O-])c(I)c1. The third-order valence-corrected chi connectivity index (χ3v) is 2.40. The summed E-state index contributed by atoms with van der Waals surface area (Å²) in [6, 6.07) is 4.79. The summed E-state index contributed by atoms with van der Waals surface area (Å²) in [5.74, 6) is 2.43. The lowest BCUT2D eigenvalue weighted by molar-refractivity contribution is -0.385. The Bertz CT molecular complexity index is 398. The smallest absolute Gasteiger partial charge is 0.282 e. The molecule has 1 rings (SSSR count). The Hall–Kier alpha value is -1.29. The molecule has 0 spiro atoms. The van der Waals surface area contributed by atoms with Crippen LogP contribution in [0.2, 0.25) is 0 Å². The molecule has 72 valence electrons. The molecular formula is C9H7IN2O2. The highest BCUT2D eigenvalue weighted by molar-refractivity contribution is 14.1. The average Bonchev–Trinajstić information content (AvgIpc) is 2.14. The Morgan fingerprint density at radius 1 is 1.64 bits per heavy atom. The van der Waals surface area contributed by atoms with E-state index in [0.717, 1.165) is 5.69 Å². The first-order valence-corrected chi connectivity index (χ1v) is 4.84. The van der Waals surface area contributed by atoms with Crippen molar-refractivity contribution >= 4 is 34.0 Å². The Labute approximate surface area is 95.0 Å². The second-order valence-electron chi connectivity index (χ2n) is 2.48. The molecule has 0 saturated heterocycles. The minimum Gasteiger partial charge on any atom is -0.374 e. The molecule has 0 unspecified atom stereocenters. The standard InChI is InChI=1S/C9H7IN2O2/c1-2-5-11-7-3-4-9(12(13)14)8(10)6-7/h1,3-4,6,11H,5H2. The molecule has 1 N–H and O–H groups in total. The Morgan fingerprint density at radius 2 is 2.36 bits per heavy atom. The van der Waals surface area contributed by atoms with Gasteiger partial charge >= 0.3 is 0 Å². The summed E-state index contributed by atoms with van der Waals surface area (Å²) in [4.78, 5) is 10.1. The number of hydrogen-bond acceptors (Lipinski definition) is 3. The molecule has 0 bridgehead atoms. The molecule has 0 aliphatic heterocycles.